The maximum Gasteiger partial charge on any atom is 0.339 e. The highest BCUT2D eigenvalue weighted by molar-refractivity contribution is 7.51. The average molecular weight is 299 g/mol. The van der Waals surface area contributed by atoms with Gasteiger partial charge in [0.2, 0.25) is 0 Å². The van der Waals surface area contributed by atoms with Crippen molar-refractivity contribution in [2.45, 2.75) is 27.7 Å². The Morgan fingerprint density at radius 3 is 1.58 bits per heavy atom. The van der Waals surface area contributed by atoms with Gasteiger partial charge in [-0.15, -0.1) is 0 Å². The van der Waals surface area contributed by atoms with E-state index in [0.717, 1.165) is 0 Å². The molecule has 0 fully saturated rings. The zero-order valence-corrected chi connectivity index (χ0v) is 13.2. The predicted molar refractivity (Wildman–Crippen MR) is 75.0 cm³/mol. The first-order valence-corrected chi connectivity index (χ1v) is 8.28. The molecule has 0 aromatic rings. The van der Waals surface area contributed by atoms with Crippen LogP contribution in [0.2, 0.25) is 0 Å². The number of rotatable bonds is 8. The van der Waals surface area contributed by atoms with Crippen molar-refractivity contribution in [3.63, 3.8) is 0 Å². The van der Waals surface area contributed by atoms with Crippen LogP contribution in [0.15, 0.2) is 0 Å². The van der Waals surface area contributed by atoms with Crippen LogP contribution in [0.3, 0.4) is 0 Å². The molecule has 0 saturated carbocycles. The Bertz CT molecular complexity index is 271. The van der Waals surface area contributed by atoms with E-state index in [2.05, 4.69) is 33.0 Å². The fourth-order valence-electron chi connectivity index (χ4n) is 1.65. The van der Waals surface area contributed by atoms with Crippen LogP contribution < -0.4 is 5.32 Å². The van der Waals surface area contributed by atoms with Gasteiger partial charge in [0.05, 0.1) is 39.0 Å². The molecule has 4 N–H and O–H groups in total. The molecule has 0 aromatic heterocycles. The lowest BCUT2D eigenvalue weighted by Gasteiger charge is -2.34. The Morgan fingerprint density at radius 2 is 1.42 bits per heavy atom. The van der Waals surface area contributed by atoms with E-state index in [1.54, 1.807) is 0 Å². The number of carboxylic acids is 1. The van der Waals surface area contributed by atoms with Crippen molar-refractivity contribution in [3.8, 4) is 0 Å². The first kappa shape index (κ1) is 20.8. The van der Waals surface area contributed by atoms with Gasteiger partial charge in [0.1, 0.15) is 0 Å². The fourth-order valence-corrected chi connectivity index (χ4v) is 2.05. The topological polar surface area (TPSA) is 107 Å². The lowest BCUT2D eigenvalue weighted by atomic mass is 10.3. The summed E-state index contributed by atoms with van der Waals surface area (Å²) in [6.45, 7) is 13.8. The molecule has 0 spiro atoms. The summed E-state index contributed by atoms with van der Waals surface area (Å²) in [6, 6.07) is 0. The smallest absolute Gasteiger partial charge is 0.339 e. The second-order valence-electron chi connectivity index (χ2n) is 4.25. The maximum absolute atomic E-state index is 10.1. The second-order valence-corrected chi connectivity index (χ2v) is 5.90. The van der Waals surface area contributed by atoms with Crippen molar-refractivity contribution in [1.29, 1.82) is 0 Å². The minimum atomic E-state index is -4.10. The lowest BCUT2D eigenvalue weighted by molar-refractivity contribution is -0.921. The zero-order valence-electron chi connectivity index (χ0n) is 12.3. The monoisotopic (exact) mass is 299 g/mol. The molecule has 116 valence electrons. The molecular formula is C11H28N2O5P+. The number of hydrogen-bond donors (Lipinski definition) is 4. The normalized spacial score (nSPS) is 11.7. The fraction of sp³-hybridized carbons (Fsp3) is 0.909. The molecule has 0 heterocycles. The number of carbonyl (C=O) groups is 1. The molecule has 0 amide bonds. The average Bonchev–Trinajstić information content (AvgIpc) is 2.31. The lowest BCUT2D eigenvalue weighted by Crippen LogP contribution is -2.47. The molecule has 0 saturated heterocycles. The van der Waals surface area contributed by atoms with Crippen LogP contribution in [0.4, 0.5) is 0 Å². The number of nitrogens with zero attached hydrogens (tertiary/aromatic N) is 1. The molecule has 0 radical (unpaired) electrons. The summed E-state index contributed by atoms with van der Waals surface area (Å²) in [5, 5.41) is 10.1. The van der Waals surface area contributed by atoms with Gasteiger partial charge in [0, 0.05) is 0 Å². The molecule has 0 aliphatic heterocycles. The zero-order chi connectivity index (χ0) is 15.5. The first-order chi connectivity index (χ1) is 8.66. The highest BCUT2D eigenvalue weighted by atomic mass is 31.2. The van der Waals surface area contributed by atoms with Crippen molar-refractivity contribution in [2.75, 3.05) is 39.0 Å². The molecule has 0 rings (SSSR count). The summed E-state index contributed by atoms with van der Waals surface area (Å²) in [5.74, 6) is -1.14. The third kappa shape index (κ3) is 12.3. The molecular weight excluding hydrogens is 271 g/mol. The van der Waals surface area contributed by atoms with Gasteiger partial charge in [-0.05, 0) is 27.7 Å². The molecule has 0 aliphatic rings. The van der Waals surface area contributed by atoms with E-state index in [1.807, 2.05) is 0 Å². The van der Waals surface area contributed by atoms with Crippen LogP contribution in [-0.2, 0) is 9.36 Å². The van der Waals surface area contributed by atoms with Crippen molar-refractivity contribution >= 4 is 13.6 Å². The number of carboxylic acid groups (broad SMARTS) is 1. The number of hydrogen-bond acceptors (Lipinski definition) is 3. The Balaban J connectivity index is 0. The standard InChI is InChI=1S/C8H20N.C3H8NO5P/c1-5-9(6-2,7-3)8-4;5-3(6)1-4-2-10(7,8)9/h5-8H2,1-4H3;4H,1-2H2,(H,5,6)(H2,7,8,9)/q+1;. The van der Waals surface area contributed by atoms with Crippen LogP contribution in [0.1, 0.15) is 27.7 Å². The number of quaternary nitrogens is 1. The number of aliphatic carboxylic acids is 1. The third-order valence-corrected chi connectivity index (χ3v) is 3.91. The van der Waals surface area contributed by atoms with Crippen molar-refractivity contribution < 1.29 is 28.7 Å². The van der Waals surface area contributed by atoms with Crippen molar-refractivity contribution in [1.82, 2.24) is 5.32 Å². The van der Waals surface area contributed by atoms with Gasteiger partial charge in [0.15, 0.2) is 0 Å². The summed E-state index contributed by atoms with van der Waals surface area (Å²) in [7, 11) is -4.10. The molecule has 0 atom stereocenters. The molecule has 7 nitrogen and oxygen atoms in total. The summed E-state index contributed by atoms with van der Waals surface area (Å²) < 4.78 is 11.3. The van der Waals surface area contributed by atoms with Gasteiger partial charge in [-0.25, -0.2) is 0 Å². The third-order valence-electron chi connectivity index (χ3n) is 3.28. The van der Waals surface area contributed by atoms with Gasteiger partial charge >= 0.3 is 13.6 Å². The largest absolute Gasteiger partial charge is 0.480 e. The van der Waals surface area contributed by atoms with Crippen LogP contribution in [0.5, 0.6) is 0 Å². The van der Waals surface area contributed by atoms with Crippen LogP contribution >= 0.6 is 7.60 Å². The summed E-state index contributed by atoms with van der Waals surface area (Å²) >= 11 is 0. The molecule has 0 aromatic carbocycles. The van der Waals surface area contributed by atoms with Gasteiger partial charge in [-0.2, -0.15) is 0 Å². The van der Waals surface area contributed by atoms with Gasteiger partial charge in [-0.3, -0.25) is 14.7 Å². The Morgan fingerprint density at radius 1 is 1.05 bits per heavy atom. The maximum atomic E-state index is 10.1. The SMILES string of the molecule is CC[N+](CC)(CC)CC.O=C(O)CNCP(=O)(O)O. The summed E-state index contributed by atoms with van der Waals surface area (Å²) in [6.07, 6.45) is -0.598. The van der Waals surface area contributed by atoms with Crippen molar-refractivity contribution in [2.24, 2.45) is 0 Å². The highest BCUT2D eigenvalue weighted by Crippen LogP contribution is 2.31. The van der Waals surface area contributed by atoms with Crippen LogP contribution in [0.25, 0.3) is 0 Å². The molecule has 8 heteroatoms. The van der Waals surface area contributed by atoms with Crippen molar-refractivity contribution in [3.05, 3.63) is 0 Å². The quantitative estimate of drug-likeness (QED) is 0.388. The van der Waals surface area contributed by atoms with E-state index in [1.165, 1.54) is 30.7 Å². The Kier molecular flexibility index (Phi) is 11.3. The van der Waals surface area contributed by atoms with E-state index >= 15 is 0 Å². The molecule has 0 bridgehead atoms. The highest BCUT2D eigenvalue weighted by Gasteiger charge is 2.16. The minimum absolute atomic E-state index is 0.439. The van der Waals surface area contributed by atoms with E-state index in [0.29, 0.717) is 0 Å². The van der Waals surface area contributed by atoms with E-state index in [9.17, 15) is 9.36 Å². The molecule has 0 unspecified atom stereocenters. The Hall–Kier alpha value is -0.460. The van der Waals surface area contributed by atoms with Gasteiger partial charge in [-0.1, -0.05) is 0 Å². The second kappa shape index (κ2) is 10.3. The Labute approximate surface area is 115 Å². The van der Waals surface area contributed by atoms with Crippen LogP contribution in [-0.4, -0.2) is 64.4 Å². The minimum Gasteiger partial charge on any atom is -0.480 e. The van der Waals surface area contributed by atoms with Crippen LogP contribution in [0, 0.1) is 0 Å². The van der Waals surface area contributed by atoms with E-state index < -0.39 is 26.4 Å². The van der Waals surface area contributed by atoms with Gasteiger partial charge < -0.3 is 19.4 Å². The predicted octanol–water partition coefficient (Wildman–Crippen LogP) is 0.679. The first-order valence-electron chi connectivity index (χ1n) is 6.48. The van der Waals surface area contributed by atoms with Gasteiger partial charge in [0.25, 0.3) is 0 Å². The number of nitrogens with one attached hydrogen (secondary N) is 1. The summed E-state index contributed by atoms with van der Waals surface area (Å²) in [4.78, 5) is 26.1. The molecule has 19 heavy (non-hydrogen) atoms. The summed E-state index contributed by atoms with van der Waals surface area (Å²) in [5.41, 5.74) is 0. The molecule has 0 aliphatic carbocycles. The van der Waals surface area contributed by atoms with E-state index in [4.69, 9.17) is 14.9 Å². The van der Waals surface area contributed by atoms with E-state index in [-0.39, 0.29) is 0 Å².